The van der Waals surface area contributed by atoms with Crippen LogP contribution in [0.25, 0.3) is 0 Å². The van der Waals surface area contributed by atoms with E-state index in [2.05, 4.69) is 31.5 Å². The van der Waals surface area contributed by atoms with E-state index in [4.69, 9.17) is 0 Å². The summed E-state index contributed by atoms with van der Waals surface area (Å²) in [5.41, 5.74) is 0.721. The highest BCUT2D eigenvalue weighted by atomic mass is 79.9. The third-order valence-corrected chi connectivity index (χ3v) is 3.73. The Labute approximate surface area is 122 Å². The van der Waals surface area contributed by atoms with Gasteiger partial charge < -0.3 is 10.6 Å². The fraction of sp³-hybridized carbons (Fsp3) is 0.0833. The van der Waals surface area contributed by atoms with E-state index in [0.717, 1.165) is 0 Å². The van der Waals surface area contributed by atoms with Crippen LogP contribution in [0.4, 0.5) is 5.00 Å². The maximum Gasteiger partial charge on any atom is 0.272 e. The molecular formula is C12H10BrN3O2S. The number of benzene rings is 1. The van der Waals surface area contributed by atoms with E-state index in [-0.39, 0.29) is 17.5 Å². The third-order valence-electron chi connectivity index (χ3n) is 2.31. The lowest BCUT2D eigenvalue weighted by molar-refractivity contribution is 0.0959. The minimum absolute atomic E-state index is 0.198. The quantitative estimate of drug-likeness (QED) is 0.902. The van der Waals surface area contributed by atoms with Gasteiger partial charge in [0.2, 0.25) is 0 Å². The molecule has 1 aromatic heterocycles. The minimum Gasteiger partial charge on any atom is -0.354 e. The lowest BCUT2D eigenvalue weighted by Crippen LogP contribution is -2.21. The molecule has 0 aliphatic rings. The zero-order valence-electron chi connectivity index (χ0n) is 9.94. The van der Waals surface area contributed by atoms with Crippen molar-refractivity contribution in [1.82, 2.24) is 10.3 Å². The van der Waals surface area contributed by atoms with Gasteiger partial charge in [-0.15, -0.1) is 0 Å². The Hall–Kier alpha value is -1.73. The molecular weight excluding hydrogens is 330 g/mol. The molecule has 7 heteroatoms. The predicted molar refractivity (Wildman–Crippen MR) is 77.6 cm³/mol. The molecule has 0 saturated heterocycles. The first kappa shape index (κ1) is 13.7. The van der Waals surface area contributed by atoms with Crippen LogP contribution in [-0.2, 0) is 0 Å². The van der Waals surface area contributed by atoms with Crippen LogP contribution in [0.2, 0.25) is 0 Å². The Morgan fingerprint density at radius 1 is 1.21 bits per heavy atom. The van der Waals surface area contributed by atoms with Gasteiger partial charge >= 0.3 is 0 Å². The predicted octanol–water partition coefficient (Wildman–Crippen LogP) is 2.52. The molecule has 0 aliphatic carbocycles. The first-order valence-electron chi connectivity index (χ1n) is 5.36. The van der Waals surface area contributed by atoms with Gasteiger partial charge in [-0.3, -0.25) is 9.59 Å². The average Bonchev–Trinajstić information content (AvgIpc) is 2.79. The van der Waals surface area contributed by atoms with Crippen LogP contribution in [0.15, 0.2) is 34.2 Å². The molecule has 0 bridgehead atoms. The Bertz CT molecular complexity index is 613. The lowest BCUT2D eigenvalue weighted by Gasteiger charge is -2.04. The second-order valence-corrected chi connectivity index (χ2v) is 5.82. The molecule has 98 valence electrons. The maximum absolute atomic E-state index is 12.0. The summed E-state index contributed by atoms with van der Waals surface area (Å²) in [5.74, 6) is -0.618. The van der Waals surface area contributed by atoms with Crippen molar-refractivity contribution in [3.63, 3.8) is 0 Å². The van der Waals surface area contributed by atoms with Gasteiger partial charge in [0.15, 0.2) is 9.61 Å². The van der Waals surface area contributed by atoms with Crippen molar-refractivity contribution < 1.29 is 9.59 Å². The Balaban J connectivity index is 2.24. The molecule has 5 nitrogen and oxygen atoms in total. The van der Waals surface area contributed by atoms with Crippen molar-refractivity contribution in [3.8, 4) is 0 Å². The van der Waals surface area contributed by atoms with Gasteiger partial charge in [0.1, 0.15) is 5.00 Å². The number of rotatable bonds is 3. The van der Waals surface area contributed by atoms with Crippen LogP contribution in [0.1, 0.15) is 20.8 Å². The van der Waals surface area contributed by atoms with Crippen molar-refractivity contribution in [2.45, 2.75) is 0 Å². The molecule has 2 N–H and O–H groups in total. The number of anilines is 1. The monoisotopic (exact) mass is 339 g/mol. The molecule has 19 heavy (non-hydrogen) atoms. The molecule has 2 aromatic rings. The number of halogens is 1. The van der Waals surface area contributed by atoms with Crippen LogP contribution >= 0.6 is 27.3 Å². The summed E-state index contributed by atoms with van der Waals surface area (Å²) in [6.07, 6.45) is 0. The van der Waals surface area contributed by atoms with Crippen LogP contribution < -0.4 is 10.6 Å². The van der Waals surface area contributed by atoms with Crippen molar-refractivity contribution in [3.05, 3.63) is 45.5 Å². The van der Waals surface area contributed by atoms with Crippen LogP contribution in [0.5, 0.6) is 0 Å². The van der Waals surface area contributed by atoms with Gasteiger partial charge in [-0.05, 0) is 28.1 Å². The van der Waals surface area contributed by atoms with E-state index in [9.17, 15) is 9.59 Å². The molecule has 0 aliphatic heterocycles. The summed E-state index contributed by atoms with van der Waals surface area (Å²) in [6.45, 7) is 0. The Morgan fingerprint density at radius 2 is 1.89 bits per heavy atom. The van der Waals surface area contributed by atoms with E-state index in [1.165, 1.54) is 18.4 Å². The van der Waals surface area contributed by atoms with Crippen LogP contribution in [0.3, 0.4) is 0 Å². The molecule has 0 unspecified atom stereocenters. The fourth-order valence-electron chi connectivity index (χ4n) is 1.42. The molecule has 2 amide bonds. The van der Waals surface area contributed by atoms with E-state index in [1.807, 2.05) is 6.07 Å². The zero-order chi connectivity index (χ0) is 13.8. The third kappa shape index (κ3) is 3.18. The van der Waals surface area contributed by atoms with Gasteiger partial charge in [-0.25, -0.2) is 4.98 Å². The fourth-order valence-corrected chi connectivity index (χ4v) is 2.76. The number of nitrogens with one attached hydrogen (secondary N) is 2. The van der Waals surface area contributed by atoms with Gasteiger partial charge in [0.05, 0.1) is 0 Å². The number of thiazole rings is 1. The lowest BCUT2D eigenvalue weighted by atomic mass is 10.2. The SMILES string of the molecule is CNC(=O)c1nc(Br)sc1NC(=O)c1ccccc1. The first-order valence-corrected chi connectivity index (χ1v) is 6.97. The molecule has 0 radical (unpaired) electrons. The summed E-state index contributed by atoms with van der Waals surface area (Å²) < 4.78 is 0.537. The van der Waals surface area contributed by atoms with Crippen molar-refractivity contribution in [2.24, 2.45) is 0 Å². The van der Waals surface area contributed by atoms with Crippen LogP contribution in [0, 0.1) is 0 Å². The molecule has 0 spiro atoms. The largest absolute Gasteiger partial charge is 0.354 e. The van der Waals surface area contributed by atoms with Crippen molar-refractivity contribution in [1.29, 1.82) is 0 Å². The second kappa shape index (κ2) is 5.94. The average molecular weight is 340 g/mol. The number of amides is 2. The molecule has 2 rings (SSSR count). The van der Waals surface area contributed by atoms with E-state index in [1.54, 1.807) is 24.3 Å². The summed E-state index contributed by atoms with van der Waals surface area (Å²) in [7, 11) is 1.51. The number of carbonyl (C=O) groups is 2. The zero-order valence-corrected chi connectivity index (χ0v) is 12.3. The van der Waals surface area contributed by atoms with Gasteiger partial charge in [-0.2, -0.15) is 0 Å². The molecule has 1 heterocycles. The summed E-state index contributed by atoms with van der Waals surface area (Å²) in [6, 6.07) is 8.78. The van der Waals surface area contributed by atoms with Gasteiger partial charge in [-0.1, -0.05) is 29.5 Å². The number of carbonyl (C=O) groups excluding carboxylic acids is 2. The standard InChI is InChI=1S/C12H10BrN3O2S/c1-14-10(18)8-11(19-12(13)15-8)16-9(17)7-5-3-2-4-6-7/h2-6H,1H3,(H,14,18)(H,16,17). The normalized spacial score (nSPS) is 10.0. The van der Waals surface area contributed by atoms with E-state index < -0.39 is 0 Å². The highest BCUT2D eigenvalue weighted by molar-refractivity contribution is 9.11. The number of hydrogen-bond donors (Lipinski definition) is 2. The number of aromatic nitrogens is 1. The first-order chi connectivity index (χ1) is 9.11. The molecule has 0 atom stereocenters. The van der Waals surface area contributed by atoms with E-state index in [0.29, 0.717) is 14.5 Å². The van der Waals surface area contributed by atoms with Gasteiger partial charge in [0.25, 0.3) is 11.8 Å². The number of nitrogens with zero attached hydrogens (tertiary/aromatic N) is 1. The molecule has 0 saturated carbocycles. The number of hydrogen-bond acceptors (Lipinski definition) is 4. The maximum atomic E-state index is 12.0. The van der Waals surface area contributed by atoms with E-state index >= 15 is 0 Å². The smallest absolute Gasteiger partial charge is 0.272 e. The second-order valence-electron chi connectivity index (χ2n) is 3.54. The minimum atomic E-state index is -0.342. The molecule has 1 aromatic carbocycles. The summed E-state index contributed by atoms with van der Waals surface area (Å²) in [5, 5.41) is 5.59. The Morgan fingerprint density at radius 3 is 2.53 bits per heavy atom. The summed E-state index contributed by atoms with van der Waals surface area (Å²) in [4.78, 5) is 27.7. The van der Waals surface area contributed by atoms with Crippen molar-refractivity contribution in [2.75, 3.05) is 12.4 Å². The topological polar surface area (TPSA) is 71.1 Å². The van der Waals surface area contributed by atoms with Crippen molar-refractivity contribution >= 4 is 44.1 Å². The Kier molecular flexibility index (Phi) is 4.28. The van der Waals surface area contributed by atoms with Gasteiger partial charge in [0, 0.05) is 12.6 Å². The highest BCUT2D eigenvalue weighted by Gasteiger charge is 2.18. The van der Waals surface area contributed by atoms with Crippen LogP contribution in [-0.4, -0.2) is 23.8 Å². The highest BCUT2D eigenvalue weighted by Crippen LogP contribution is 2.28. The molecule has 0 fully saturated rings. The summed E-state index contributed by atoms with van der Waals surface area (Å²) >= 11 is 4.40.